The zero-order valence-corrected chi connectivity index (χ0v) is 10.1. The third-order valence-corrected chi connectivity index (χ3v) is 2.72. The summed E-state index contributed by atoms with van der Waals surface area (Å²) >= 11 is 3.44. The lowest BCUT2D eigenvalue weighted by Gasteiger charge is -2.05. The van der Waals surface area contributed by atoms with Gasteiger partial charge in [0.25, 0.3) is 0 Å². The average Bonchev–Trinajstić information content (AvgIpc) is 2.25. The Morgan fingerprint density at radius 3 is 2.36 bits per heavy atom. The molecule has 0 saturated heterocycles. The molecule has 78 valence electrons. The van der Waals surface area contributed by atoms with Gasteiger partial charge in [-0.1, -0.05) is 47.0 Å². The van der Waals surface area contributed by atoms with E-state index in [1.165, 1.54) is 31.4 Å². The van der Waals surface area contributed by atoms with E-state index in [4.69, 9.17) is 0 Å². The minimum Gasteiger partial charge on any atom is -0.385 e. The SMILES string of the molecule is BrCCCCCCNc1ccccc1. The monoisotopic (exact) mass is 255 g/mol. The van der Waals surface area contributed by atoms with Crippen LogP contribution in [0, 0.1) is 0 Å². The predicted molar refractivity (Wildman–Crippen MR) is 67.2 cm³/mol. The smallest absolute Gasteiger partial charge is 0.0340 e. The fourth-order valence-corrected chi connectivity index (χ4v) is 1.76. The number of benzene rings is 1. The summed E-state index contributed by atoms with van der Waals surface area (Å²) in [4.78, 5) is 0. The van der Waals surface area contributed by atoms with E-state index in [9.17, 15) is 0 Å². The molecule has 1 nitrogen and oxygen atoms in total. The van der Waals surface area contributed by atoms with Gasteiger partial charge in [-0.05, 0) is 25.0 Å². The second-order valence-corrected chi connectivity index (χ2v) is 4.19. The maximum absolute atomic E-state index is 3.44. The van der Waals surface area contributed by atoms with E-state index in [1.807, 2.05) is 6.07 Å². The summed E-state index contributed by atoms with van der Waals surface area (Å²) in [6.07, 6.45) is 5.22. The summed E-state index contributed by atoms with van der Waals surface area (Å²) in [5.41, 5.74) is 1.23. The molecule has 2 heteroatoms. The largest absolute Gasteiger partial charge is 0.385 e. The predicted octanol–water partition coefficient (Wildman–Crippen LogP) is 4.05. The van der Waals surface area contributed by atoms with Gasteiger partial charge in [0.1, 0.15) is 0 Å². The number of unbranched alkanes of at least 4 members (excludes halogenated alkanes) is 3. The zero-order chi connectivity index (χ0) is 10.1. The molecular weight excluding hydrogens is 238 g/mol. The van der Waals surface area contributed by atoms with Crippen molar-refractivity contribution in [3.8, 4) is 0 Å². The molecule has 1 aromatic rings. The Morgan fingerprint density at radius 1 is 0.929 bits per heavy atom. The molecule has 0 atom stereocenters. The Hall–Kier alpha value is -0.500. The standard InChI is InChI=1S/C12H18BrN/c13-10-6-1-2-7-11-14-12-8-4-3-5-9-12/h3-5,8-9,14H,1-2,6-7,10-11H2. The molecule has 1 aromatic carbocycles. The number of para-hydroxylation sites is 1. The molecule has 0 fully saturated rings. The van der Waals surface area contributed by atoms with Gasteiger partial charge in [-0.25, -0.2) is 0 Å². The molecule has 0 aliphatic heterocycles. The first-order chi connectivity index (χ1) is 6.93. The van der Waals surface area contributed by atoms with Crippen molar-refractivity contribution in [1.29, 1.82) is 0 Å². The maximum Gasteiger partial charge on any atom is 0.0340 e. The molecule has 0 saturated carbocycles. The lowest BCUT2D eigenvalue weighted by Crippen LogP contribution is -2.00. The van der Waals surface area contributed by atoms with Crippen LogP contribution in [0.4, 0.5) is 5.69 Å². The van der Waals surface area contributed by atoms with E-state index in [-0.39, 0.29) is 0 Å². The first-order valence-electron chi connectivity index (χ1n) is 5.28. The summed E-state index contributed by atoms with van der Waals surface area (Å²) in [6.45, 7) is 1.09. The molecule has 0 heterocycles. The van der Waals surface area contributed by atoms with Crippen molar-refractivity contribution in [2.75, 3.05) is 17.2 Å². The van der Waals surface area contributed by atoms with Gasteiger partial charge in [0.15, 0.2) is 0 Å². The Labute approximate surface area is 95.0 Å². The van der Waals surface area contributed by atoms with Crippen LogP contribution in [0.5, 0.6) is 0 Å². The van der Waals surface area contributed by atoms with Gasteiger partial charge in [0.2, 0.25) is 0 Å². The molecule has 0 aliphatic carbocycles. The number of halogens is 1. The van der Waals surface area contributed by atoms with Crippen LogP contribution in [0.1, 0.15) is 25.7 Å². The Kier molecular flexibility index (Phi) is 6.50. The van der Waals surface area contributed by atoms with Gasteiger partial charge in [-0.2, -0.15) is 0 Å². The van der Waals surface area contributed by atoms with Crippen molar-refractivity contribution in [3.05, 3.63) is 30.3 Å². The second kappa shape index (κ2) is 7.86. The highest BCUT2D eigenvalue weighted by Gasteiger charge is 1.90. The number of nitrogens with one attached hydrogen (secondary N) is 1. The number of hydrogen-bond acceptors (Lipinski definition) is 1. The van der Waals surface area contributed by atoms with Crippen LogP contribution >= 0.6 is 15.9 Å². The van der Waals surface area contributed by atoms with E-state index in [1.54, 1.807) is 0 Å². The molecule has 0 aromatic heterocycles. The van der Waals surface area contributed by atoms with Crippen molar-refractivity contribution >= 4 is 21.6 Å². The summed E-state index contributed by atoms with van der Waals surface area (Å²) in [6, 6.07) is 10.4. The molecule has 0 bridgehead atoms. The van der Waals surface area contributed by atoms with Gasteiger partial charge in [-0.15, -0.1) is 0 Å². The van der Waals surface area contributed by atoms with Gasteiger partial charge < -0.3 is 5.32 Å². The normalized spacial score (nSPS) is 10.1. The highest BCUT2D eigenvalue weighted by molar-refractivity contribution is 9.09. The molecule has 0 aliphatic rings. The third kappa shape index (κ3) is 5.28. The van der Waals surface area contributed by atoms with Crippen LogP contribution in [0.25, 0.3) is 0 Å². The van der Waals surface area contributed by atoms with E-state index in [0.29, 0.717) is 0 Å². The molecule has 1 N–H and O–H groups in total. The lowest BCUT2D eigenvalue weighted by molar-refractivity contribution is 0.690. The topological polar surface area (TPSA) is 12.0 Å². The number of hydrogen-bond donors (Lipinski definition) is 1. The van der Waals surface area contributed by atoms with Crippen molar-refractivity contribution < 1.29 is 0 Å². The summed E-state index contributed by atoms with van der Waals surface area (Å²) < 4.78 is 0. The van der Waals surface area contributed by atoms with Crippen LogP contribution in [0.3, 0.4) is 0 Å². The van der Waals surface area contributed by atoms with Crippen molar-refractivity contribution in [2.24, 2.45) is 0 Å². The molecule has 0 amide bonds. The summed E-state index contributed by atoms with van der Waals surface area (Å²) in [5, 5.41) is 4.55. The van der Waals surface area contributed by atoms with Crippen LogP contribution in [0.15, 0.2) is 30.3 Å². The fourth-order valence-electron chi connectivity index (χ4n) is 1.36. The lowest BCUT2D eigenvalue weighted by atomic mass is 10.2. The summed E-state index contributed by atoms with van der Waals surface area (Å²) in [5.74, 6) is 0. The minimum atomic E-state index is 1.09. The minimum absolute atomic E-state index is 1.09. The zero-order valence-electron chi connectivity index (χ0n) is 8.51. The van der Waals surface area contributed by atoms with Crippen molar-refractivity contribution in [1.82, 2.24) is 0 Å². The second-order valence-electron chi connectivity index (χ2n) is 3.40. The maximum atomic E-state index is 3.44. The Morgan fingerprint density at radius 2 is 1.64 bits per heavy atom. The fraction of sp³-hybridized carbons (Fsp3) is 0.500. The van der Waals surface area contributed by atoms with Crippen molar-refractivity contribution in [2.45, 2.75) is 25.7 Å². The Bertz CT molecular complexity index is 223. The quantitative estimate of drug-likeness (QED) is 0.573. The van der Waals surface area contributed by atoms with E-state index in [2.05, 4.69) is 45.5 Å². The average molecular weight is 256 g/mol. The van der Waals surface area contributed by atoms with Crippen LogP contribution in [0.2, 0.25) is 0 Å². The summed E-state index contributed by atoms with van der Waals surface area (Å²) in [7, 11) is 0. The Balaban J connectivity index is 1.99. The van der Waals surface area contributed by atoms with Gasteiger partial charge in [0.05, 0.1) is 0 Å². The van der Waals surface area contributed by atoms with Crippen LogP contribution in [-0.4, -0.2) is 11.9 Å². The van der Waals surface area contributed by atoms with Gasteiger partial charge in [0, 0.05) is 17.6 Å². The van der Waals surface area contributed by atoms with Gasteiger partial charge in [-0.3, -0.25) is 0 Å². The highest BCUT2D eigenvalue weighted by Crippen LogP contribution is 2.06. The van der Waals surface area contributed by atoms with E-state index < -0.39 is 0 Å². The highest BCUT2D eigenvalue weighted by atomic mass is 79.9. The van der Waals surface area contributed by atoms with E-state index >= 15 is 0 Å². The first kappa shape index (κ1) is 11.6. The van der Waals surface area contributed by atoms with Crippen LogP contribution < -0.4 is 5.32 Å². The molecule has 1 rings (SSSR count). The molecule has 0 unspecified atom stereocenters. The molecule has 14 heavy (non-hydrogen) atoms. The molecule has 0 spiro atoms. The van der Waals surface area contributed by atoms with E-state index in [0.717, 1.165) is 11.9 Å². The third-order valence-electron chi connectivity index (χ3n) is 2.16. The molecule has 0 radical (unpaired) electrons. The van der Waals surface area contributed by atoms with Crippen LogP contribution in [-0.2, 0) is 0 Å². The first-order valence-corrected chi connectivity index (χ1v) is 6.40. The van der Waals surface area contributed by atoms with Gasteiger partial charge >= 0.3 is 0 Å². The van der Waals surface area contributed by atoms with Crippen molar-refractivity contribution in [3.63, 3.8) is 0 Å². The number of rotatable bonds is 7. The number of anilines is 1. The molecular formula is C12H18BrN. The number of alkyl halides is 1.